The average Bonchev–Trinajstić information content (AvgIpc) is 3.31. The van der Waals surface area contributed by atoms with Gasteiger partial charge in [0.1, 0.15) is 10.6 Å². The topological polar surface area (TPSA) is 68.2 Å². The molecule has 2 aliphatic rings. The van der Waals surface area contributed by atoms with Crippen LogP contribution in [0.15, 0.2) is 17.2 Å². The summed E-state index contributed by atoms with van der Waals surface area (Å²) in [6, 6.07) is 1.35. The van der Waals surface area contributed by atoms with Crippen LogP contribution in [0, 0.1) is 11.3 Å². The van der Waals surface area contributed by atoms with Gasteiger partial charge in [-0.3, -0.25) is 4.79 Å². The Morgan fingerprint density at radius 1 is 1.48 bits per heavy atom. The van der Waals surface area contributed by atoms with Crippen LogP contribution in [0.3, 0.4) is 0 Å². The predicted molar refractivity (Wildman–Crippen MR) is 79.9 cm³/mol. The molecule has 2 saturated carbocycles. The van der Waals surface area contributed by atoms with Crippen LogP contribution in [0.4, 0.5) is 0 Å². The van der Waals surface area contributed by atoms with E-state index in [4.69, 9.17) is 10.7 Å². The van der Waals surface area contributed by atoms with Gasteiger partial charge in [0, 0.05) is 30.0 Å². The van der Waals surface area contributed by atoms with Crippen molar-refractivity contribution < 1.29 is 13.2 Å². The van der Waals surface area contributed by atoms with E-state index in [-0.39, 0.29) is 10.8 Å². The lowest BCUT2D eigenvalue weighted by Crippen LogP contribution is -2.32. The minimum atomic E-state index is -3.81. The molecular weight excluding hydrogens is 312 g/mol. The molecule has 2 fully saturated rings. The third-order valence-electron chi connectivity index (χ3n) is 4.66. The Hall–Kier alpha value is -1.01. The Balaban J connectivity index is 1.73. The smallest absolute Gasteiger partial charge is 0.267 e. The van der Waals surface area contributed by atoms with Crippen LogP contribution < -0.4 is 5.32 Å². The first-order chi connectivity index (χ1) is 9.86. The van der Waals surface area contributed by atoms with Crippen LogP contribution in [-0.2, 0) is 15.6 Å². The van der Waals surface area contributed by atoms with Crippen molar-refractivity contribution in [3.63, 3.8) is 0 Å². The lowest BCUT2D eigenvalue weighted by Gasteiger charge is -2.15. The summed E-state index contributed by atoms with van der Waals surface area (Å²) in [4.78, 5) is 12.3. The van der Waals surface area contributed by atoms with Crippen molar-refractivity contribution in [2.45, 2.75) is 44.0 Å². The molecule has 21 heavy (non-hydrogen) atoms. The van der Waals surface area contributed by atoms with E-state index in [2.05, 4.69) is 5.32 Å². The molecule has 116 valence electrons. The summed E-state index contributed by atoms with van der Waals surface area (Å²) >= 11 is 0. The predicted octanol–water partition coefficient (Wildman–Crippen LogP) is 2.36. The minimum Gasteiger partial charge on any atom is -0.350 e. The lowest BCUT2D eigenvalue weighted by atomic mass is 10.0. The van der Waals surface area contributed by atoms with Gasteiger partial charge in [0.25, 0.3) is 15.0 Å². The van der Waals surface area contributed by atoms with E-state index in [0.717, 1.165) is 5.92 Å². The monoisotopic (exact) mass is 330 g/mol. The molecule has 0 atom stereocenters. The van der Waals surface area contributed by atoms with Crippen molar-refractivity contribution in [3.8, 4) is 0 Å². The van der Waals surface area contributed by atoms with E-state index in [9.17, 15) is 13.2 Å². The number of nitrogens with zero attached hydrogens (tertiary/aromatic N) is 1. The quantitative estimate of drug-likeness (QED) is 0.814. The first-order valence-electron chi connectivity index (χ1n) is 7.29. The molecule has 0 saturated heterocycles. The fraction of sp³-hybridized carbons (Fsp3) is 0.643. The van der Waals surface area contributed by atoms with Gasteiger partial charge in [0.15, 0.2) is 0 Å². The number of nitrogens with one attached hydrogen (secondary N) is 1. The van der Waals surface area contributed by atoms with Gasteiger partial charge in [-0.05, 0) is 50.0 Å². The third kappa shape index (κ3) is 2.97. The van der Waals surface area contributed by atoms with E-state index in [1.807, 2.05) is 6.92 Å². The highest BCUT2D eigenvalue weighted by molar-refractivity contribution is 8.13. The highest BCUT2D eigenvalue weighted by Crippen LogP contribution is 2.60. The normalized spacial score (nSPS) is 20.3. The lowest BCUT2D eigenvalue weighted by molar-refractivity contribution is 0.0933. The number of rotatable bonds is 6. The molecule has 0 unspecified atom stereocenters. The van der Waals surface area contributed by atoms with Crippen molar-refractivity contribution in [1.82, 2.24) is 9.88 Å². The Bertz CT molecular complexity index is 672. The average molecular weight is 331 g/mol. The van der Waals surface area contributed by atoms with Crippen molar-refractivity contribution in [2.75, 3.05) is 6.54 Å². The molecule has 1 aromatic rings. The second-order valence-electron chi connectivity index (χ2n) is 6.10. The van der Waals surface area contributed by atoms with E-state index in [0.29, 0.717) is 24.2 Å². The maximum Gasteiger partial charge on any atom is 0.267 e. The van der Waals surface area contributed by atoms with Gasteiger partial charge in [0.05, 0.1) is 0 Å². The Morgan fingerprint density at radius 3 is 2.62 bits per heavy atom. The standard InChI is InChI=1S/C14H19ClN2O3S/c1-2-17-8-11(21(15,19)20)7-12(17)13(18)16-9-14(5-6-14)10-3-4-10/h7-8,10H,2-6,9H2,1H3,(H,16,18). The van der Waals surface area contributed by atoms with Crippen LogP contribution in [0.2, 0.25) is 0 Å². The van der Waals surface area contributed by atoms with Crippen molar-refractivity contribution in [1.29, 1.82) is 0 Å². The molecule has 0 aliphatic heterocycles. The van der Waals surface area contributed by atoms with E-state index < -0.39 is 9.05 Å². The SMILES string of the molecule is CCn1cc(S(=O)(=O)Cl)cc1C(=O)NCC1(C2CC2)CC1. The Labute approximate surface area is 129 Å². The molecule has 0 bridgehead atoms. The van der Waals surface area contributed by atoms with Crippen LogP contribution in [0.5, 0.6) is 0 Å². The molecule has 0 radical (unpaired) electrons. The number of amides is 1. The number of carbonyl (C=O) groups is 1. The molecule has 0 aromatic carbocycles. The highest BCUT2D eigenvalue weighted by atomic mass is 35.7. The van der Waals surface area contributed by atoms with Gasteiger partial charge in [-0.1, -0.05) is 0 Å². The third-order valence-corrected chi connectivity index (χ3v) is 5.98. The fourth-order valence-electron chi connectivity index (χ4n) is 3.00. The number of hydrogen-bond donors (Lipinski definition) is 1. The maximum absolute atomic E-state index is 12.3. The number of hydrogen-bond acceptors (Lipinski definition) is 3. The van der Waals surface area contributed by atoms with Gasteiger partial charge < -0.3 is 9.88 Å². The number of aryl methyl sites for hydroxylation is 1. The van der Waals surface area contributed by atoms with Gasteiger partial charge in [0.2, 0.25) is 0 Å². The van der Waals surface area contributed by atoms with Crippen molar-refractivity contribution in [2.24, 2.45) is 11.3 Å². The van der Waals surface area contributed by atoms with Crippen molar-refractivity contribution >= 4 is 25.6 Å². The molecule has 5 nitrogen and oxygen atoms in total. The largest absolute Gasteiger partial charge is 0.350 e. The molecule has 7 heteroatoms. The molecule has 1 amide bonds. The van der Waals surface area contributed by atoms with Crippen LogP contribution in [0.25, 0.3) is 0 Å². The van der Waals surface area contributed by atoms with Gasteiger partial charge >= 0.3 is 0 Å². The Morgan fingerprint density at radius 2 is 2.14 bits per heavy atom. The number of halogens is 1. The first kappa shape index (κ1) is 14.9. The highest BCUT2D eigenvalue weighted by Gasteiger charge is 2.53. The summed E-state index contributed by atoms with van der Waals surface area (Å²) in [5.74, 6) is 0.546. The second-order valence-corrected chi connectivity index (χ2v) is 8.67. The summed E-state index contributed by atoms with van der Waals surface area (Å²) < 4.78 is 24.4. The molecule has 1 N–H and O–H groups in total. The molecule has 1 aromatic heterocycles. The van der Waals surface area contributed by atoms with Crippen LogP contribution in [-0.4, -0.2) is 25.4 Å². The van der Waals surface area contributed by atoms with Crippen molar-refractivity contribution in [3.05, 3.63) is 18.0 Å². The summed E-state index contributed by atoms with van der Waals surface area (Å²) in [6.07, 6.45) is 6.33. The summed E-state index contributed by atoms with van der Waals surface area (Å²) in [5, 5.41) is 2.96. The second kappa shape index (κ2) is 5.02. The first-order valence-corrected chi connectivity index (χ1v) is 9.60. The zero-order chi connectivity index (χ0) is 15.3. The van der Waals surface area contributed by atoms with E-state index >= 15 is 0 Å². The summed E-state index contributed by atoms with van der Waals surface area (Å²) in [7, 11) is 1.53. The summed E-state index contributed by atoms with van der Waals surface area (Å²) in [5.41, 5.74) is 0.670. The number of aromatic nitrogens is 1. The zero-order valence-corrected chi connectivity index (χ0v) is 13.5. The van der Waals surface area contributed by atoms with Gasteiger partial charge in [-0.2, -0.15) is 0 Å². The molecular formula is C14H19ClN2O3S. The maximum atomic E-state index is 12.3. The van der Waals surface area contributed by atoms with E-state index in [1.165, 1.54) is 37.9 Å². The Kier molecular flexibility index (Phi) is 3.56. The van der Waals surface area contributed by atoms with E-state index in [1.54, 1.807) is 4.57 Å². The number of carbonyl (C=O) groups excluding carboxylic acids is 1. The molecule has 1 heterocycles. The zero-order valence-electron chi connectivity index (χ0n) is 11.9. The van der Waals surface area contributed by atoms with Gasteiger partial charge in [-0.15, -0.1) is 0 Å². The minimum absolute atomic E-state index is 0.0282. The molecule has 3 rings (SSSR count). The van der Waals surface area contributed by atoms with Crippen LogP contribution >= 0.6 is 10.7 Å². The molecule has 0 spiro atoms. The van der Waals surface area contributed by atoms with Crippen LogP contribution in [0.1, 0.15) is 43.1 Å². The summed E-state index contributed by atoms with van der Waals surface area (Å²) in [6.45, 7) is 3.06. The van der Waals surface area contributed by atoms with Gasteiger partial charge in [-0.25, -0.2) is 8.42 Å². The fourth-order valence-corrected chi connectivity index (χ4v) is 3.76. The molecule has 2 aliphatic carbocycles.